The number of anilines is 1. The van der Waals surface area contributed by atoms with Crippen molar-refractivity contribution in [1.82, 2.24) is 4.90 Å². The molecule has 25 heavy (non-hydrogen) atoms. The highest BCUT2D eigenvalue weighted by molar-refractivity contribution is 5.92. The van der Waals surface area contributed by atoms with Gasteiger partial charge in [0.25, 0.3) is 0 Å². The van der Waals surface area contributed by atoms with E-state index in [0.29, 0.717) is 6.54 Å². The lowest BCUT2D eigenvalue weighted by Gasteiger charge is -2.18. The molecule has 0 saturated carbocycles. The van der Waals surface area contributed by atoms with Gasteiger partial charge in [-0.1, -0.05) is 12.1 Å². The van der Waals surface area contributed by atoms with E-state index in [1.807, 2.05) is 30.9 Å². The van der Waals surface area contributed by atoms with Gasteiger partial charge < -0.3 is 10.1 Å². The SMILES string of the molecule is COc1c(C)cc(CN(C)CC(=O)Nc2cc(F)cc(F)c2)cc1C. The van der Waals surface area contributed by atoms with E-state index in [2.05, 4.69) is 5.32 Å². The number of likely N-dealkylation sites (N-methyl/N-ethyl adjacent to an activating group) is 1. The molecule has 4 nitrogen and oxygen atoms in total. The molecule has 0 unspecified atom stereocenters. The van der Waals surface area contributed by atoms with Crippen molar-refractivity contribution in [2.24, 2.45) is 0 Å². The van der Waals surface area contributed by atoms with E-state index >= 15 is 0 Å². The Labute approximate surface area is 146 Å². The molecule has 2 aromatic rings. The quantitative estimate of drug-likeness (QED) is 0.866. The maximum Gasteiger partial charge on any atom is 0.238 e. The zero-order chi connectivity index (χ0) is 18.6. The smallest absolute Gasteiger partial charge is 0.238 e. The molecular formula is C19H22F2N2O2. The van der Waals surface area contributed by atoms with Gasteiger partial charge in [0.2, 0.25) is 5.91 Å². The minimum absolute atomic E-state index is 0.0995. The highest BCUT2D eigenvalue weighted by Gasteiger charge is 2.11. The Balaban J connectivity index is 1.97. The van der Waals surface area contributed by atoms with E-state index in [-0.39, 0.29) is 18.1 Å². The van der Waals surface area contributed by atoms with E-state index in [0.717, 1.165) is 40.6 Å². The number of nitrogens with zero attached hydrogens (tertiary/aromatic N) is 1. The van der Waals surface area contributed by atoms with Gasteiger partial charge in [-0.25, -0.2) is 8.78 Å². The lowest BCUT2D eigenvalue weighted by atomic mass is 10.1. The molecule has 0 bridgehead atoms. The minimum Gasteiger partial charge on any atom is -0.496 e. The molecule has 6 heteroatoms. The Hall–Kier alpha value is -2.47. The molecule has 0 atom stereocenters. The first-order chi connectivity index (χ1) is 11.8. The predicted octanol–water partition coefficient (Wildman–Crippen LogP) is 3.66. The average Bonchev–Trinajstić information content (AvgIpc) is 2.45. The molecule has 1 amide bonds. The van der Waals surface area contributed by atoms with Crippen LogP contribution in [0.3, 0.4) is 0 Å². The van der Waals surface area contributed by atoms with Crippen molar-refractivity contribution < 1.29 is 18.3 Å². The number of rotatable bonds is 6. The third kappa shape index (κ3) is 5.26. The first-order valence-corrected chi connectivity index (χ1v) is 7.87. The fourth-order valence-corrected chi connectivity index (χ4v) is 2.89. The van der Waals surface area contributed by atoms with E-state index in [1.54, 1.807) is 14.2 Å². The summed E-state index contributed by atoms with van der Waals surface area (Å²) in [5.41, 5.74) is 3.23. The zero-order valence-electron chi connectivity index (χ0n) is 14.8. The number of methoxy groups -OCH3 is 1. The molecule has 0 saturated heterocycles. The Kier molecular flexibility index (Phi) is 6.09. The monoisotopic (exact) mass is 348 g/mol. The van der Waals surface area contributed by atoms with Crippen LogP contribution in [-0.2, 0) is 11.3 Å². The third-order valence-electron chi connectivity index (χ3n) is 3.74. The van der Waals surface area contributed by atoms with Crippen molar-refractivity contribution >= 4 is 11.6 Å². The molecule has 0 fully saturated rings. The Morgan fingerprint density at radius 1 is 1.08 bits per heavy atom. The maximum absolute atomic E-state index is 13.2. The number of halogens is 2. The number of nitrogens with one attached hydrogen (secondary N) is 1. The molecule has 0 aliphatic carbocycles. The molecule has 0 aliphatic heterocycles. The highest BCUT2D eigenvalue weighted by Crippen LogP contribution is 2.24. The van der Waals surface area contributed by atoms with Crippen molar-refractivity contribution in [1.29, 1.82) is 0 Å². The zero-order valence-corrected chi connectivity index (χ0v) is 14.8. The minimum atomic E-state index is -0.729. The first kappa shape index (κ1) is 18.9. The second kappa shape index (κ2) is 8.07. The van der Waals surface area contributed by atoms with Crippen LogP contribution in [-0.4, -0.2) is 31.5 Å². The summed E-state index contributed by atoms with van der Waals surface area (Å²) < 4.78 is 31.7. The van der Waals surface area contributed by atoms with Crippen LogP contribution in [0.25, 0.3) is 0 Å². The molecule has 0 heterocycles. The normalized spacial score (nSPS) is 10.8. The molecule has 1 N–H and O–H groups in total. The fourth-order valence-electron chi connectivity index (χ4n) is 2.89. The van der Waals surface area contributed by atoms with Crippen molar-refractivity contribution in [2.75, 3.05) is 26.0 Å². The number of aryl methyl sites for hydroxylation is 2. The van der Waals surface area contributed by atoms with Gasteiger partial charge in [-0.3, -0.25) is 9.69 Å². The van der Waals surface area contributed by atoms with Gasteiger partial charge in [0.15, 0.2) is 0 Å². The van der Waals surface area contributed by atoms with Crippen LogP contribution in [0.5, 0.6) is 5.75 Å². The standard InChI is InChI=1S/C19H22F2N2O2/c1-12-5-14(6-13(2)19(12)25-4)10-23(3)11-18(24)22-17-8-15(20)7-16(21)9-17/h5-9H,10-11H2,1-4H3,(H,22,24). The Morgan fingerprint density at radius 2 is 1.64 bits per heavy atom. The molecule has 0 aliphatic rings. The van der Waals surface area contributed by atoms with Gasteiger partial charge in [-0.05, 0) is 49.7 Å². The largest absolute Gasteiger partial charge is 0.496 e. The van der Waals surface area contributed by atoms with Crippen LogP contribution in [0.1, 0.15) is 16.7 Å². The lowest BCUT2D eigenvalue weighted by molar-refractivity contribution is -0.117. The fraction of sp³-hybridized carbons (Fsp3) is 0.316. The van der Waals surface area contributed by atoms with Gasteiger partial charge in [-0.15, -0.1) is 0 Å². The maximum atomic E-state index is 13.2. The summed E-state index contributed by atoms with van der Waals surface area (Å²) in [6.07, 6.45) is 0. The second-order valence-electron chi connectivity index (χ2n) is 6.14. The average molecular weight is 348 g/mol. The second-order valence-corrected chi connectivity index (χ2v) is 6.14. The van der Waals surface area contributed by atoms with Crippen molar-refractivity contribution in [2.45, 2.75) is 20.4 Å². The van der Waals surface area contributed by atoms with Crippen LogP contribution >= 0.6 is 0 Å². The van der Waals surface area contributed by atoms with Gasteiger partial charge in [0.05, 0.1) is 13.7 Å². The highest BCUT2D eigenvalue weighted by atomic mass is 19.1. The predicted molar refractivity (Wildman–Crippen MR) is 93.8 cm³/mol. The number of carbonyl (C=O) groups is 1. The van der Waals surface area contributed by atoms with Crippen molar-refractivity contribution in [3.8, 4) is 5.75 Å². The van der Waals surface area contributed by atoms with Crippen molar-refractivity contribution in [3.05, 3.63) is 58.7 Å². The summed E-state index contributed by atoms with van der Waals surface area (Å²) in [7, 11) is 3.45. The molecular weight excluding hydrogens is 326 g/mol. The Morgan fingerprint density at radius 3 is 2.16 bits per heavy atom. The lowest BCUT2D eigenvalue weighted by Crippen LogP contribution is -2.30. The van der Waals surface area contributed by atoms with Gasteiger partial charge in [0, 0.05) is 18.3 Å². The molecule has 0 radical (unpaired) electrons. The summed E-state index contributed by atoms with van der Waals surface area (Å²) in [6, 6.07) is 6.95. The summed E-state index contributed by atoms with van der Waals surface area (Å²) >= 11 is 0. The van der Waals surface area contributed by atoms with E-state index in [9.17, 15) is 13.6 Å². The molecule has 2 rings (SSSR count). The molecule has 0 aromatic heterocycles. The van der Waals surface area contributed by atoms with E-state index in [1.165, 1.54) is 0 Å². The molecule has 2 aromatic carbocycles. The number of carbonyl (C=O) groups excluding carboxylic acids is 1. The summed E-state index contributed by atoms with van der Waals surface area (Å²) in [6.45, 7) is 4.61. The summed E-state index contributed by atoms with van der Waals surface area (Å²) in [5.74, 6) is -0.938. The molecule has 0 spiro atoms. The topological polar surface area (TPSA) is 41.6 Å². The Bertz CT molecular complexity index is 735. The van der Waals surface area contributed by atoms with Gasteiger partial charge >= 0.3 is 0 Å². The number of hydrogen-bond donors (Lipinski definition) is 1. The third-order valence-corrected chi connectivity index (χ3v) is 3.74. The first-order valence-electron chi connectivity index (χ1n) is 7.87. The van der Waals surface area contributed by atoms with Crippen LogP contribution in [0.4, 0.5) is 14.5 Å². The van der Waals surface area contributed by atoms with Gasteiger partial charge in [0.1, 0.15) is 17.4 Å². The van der Waals surface area contributed by atoms with E-state index < -0.39 is 11.6 Å². The summed E-state index contributed by atoms with van der Waals surface area (Å²) in [5, 5.41) is 2.50. The van der Waals surface area contributed by atoms with Crippen LogP contribution < -0.4 is 10.1 Å². The van der Waals surface area contributed by atoms with Crippen LogP contribution in [0.2, 0.25) is 0 Å². The number of amides is 1. The number of hydrogen-bond acceptors (Lipinski definition) is 3. The van der Waals surface area contributed by atoms with Gasteiger partial charge in [-0.2, -0.15) is 0 Å². The van der Waals surface area contributed by atoms with Crippen LogP contribution in [0, 0.1) is 25.5 Å². The number of benzene rings is 2. The van der Waals surface area contributed by atoms with E-state index in [4.69, 9.17) is 4.74 Å². The summed E-state index contributed by atoms with van der Waals surface area (Å²) in [4.78, 5) is 13.9. The molecule has 134 valence electrons. The van der Waals surface area contributed by atoms with Crippen molar-refractivity contribution in [3.63, 3.8) is 0 Å². The van der Waals surface area contributed by atoms with Crippen LogP contribution in [0.15, 0.2) is 30.3 Å². The number of ether oxygens (including phenoxy) is 1.